The molecule has 0 N–H and O–H groups in total. The normalized spacial score (nSPS) is 11.8. The summed E-state index contributed by atoms with van der Waals surface area (Å²) in [5.74, 6) is 0.721. The SMILES string of the molecule is CCCC(C)(C)Cc1cc(CC(C)C)ccc1-c1cc(OC)ncc1F. The quantitative estimate of drug-likeness (QED) is 0.540. The third kappa shape index (κ3) is 5.30. The average Bonchev–Trinajstić information content (AvgIpc) is 2.55. The molecule has 2 aromatic rings. The fraction of sp³-hybridized carbons (Fsp3) is 0.522. The van der Waals surface area contributed by atoms with Crippen molar-refractivity contribution >= 4 is 0 Å². The number of hydrogen-bond donors (Lipinski definition) is 0. The molecule has 0 atom stereocenters. The predicted molar refractivity (Wildman–Crippen MR) is 107 cm³/mol. The van der Waals surface area contributed by atoms with E-state index in [2.05, 4.69) is 57.8 Å². The molecular weight excluding hydrogens is 325 g/mol. The van der Waals surface area contributed by atoms with Gasteiger partial charge >= 0.3 is 0 Å². The third-order valence-electron chi connectivity index (χ3n) is 4.74. The Balaban J connectivity index is 2.54. The van der Waals surface area contributed by atoms with Crippen molar-refractivity contribution in [2.45, 2.75) is 60.3 Å². The molecule has 1 heterocycles. The van der Waals surface area contributed by atoms with Crippen LogP contribution >= 0.6 is 0 Å². The van der Waals surface area contributed by atoms with E-state index in [9.17, 15) is 4.39 Å². The first kappa shape index (κ1) is 20.4. The van der Waals surface area contributed by atoms with Crippen molar-refractivity contribution in [3.63, 3.8) is 0 Å². The summed E-state index contributed by atoms with van der Waals surface area (Å²) in [6, 6.07) is 8.15. The first-order valence-corrected chi connectivity index (χ1v) is 9.57. The van der Waals surface area contributed by atoms with E-state index in [-0.39, 0.29) is 11.2 Å². The number of pyridine rings is 1. The molecule has 0 amide bonds. The Kier molecular flexibility index (Phi) is 6.80. The second-order valence-electron chi connectivity index (χ2n) is 8.39. The molecule has 1 aromatic heterocycles. The van der Waals surface area contributed by atoms with Gasteiger partial charge in [0.1, 0.15) is 5.82 Å². The molecule has 26 heavy (non-hydrogen) atoms. The summed E-state index contributed by atoms with van der Waals surface area (Å²) in [4.78, 5) is 3.98. The Morgan fingerprint density at radius 2 is 1.88 bits per heavy atom. The van der Waals surface area contributed by atoms with Gasteiger partial charge in [0.25, 0.3) is 0 Å². The molecule has 2 nitrogen and oxygen atoms in total. The van der Waals surface area contributed by atoms with E-state index in [1.54, 1.807) is 13.2 Å². The molecule has 2 rings (SSSR count). The molecule has 1 aromatic carbocycles. The molecule has 0 saturated heterocycles. The standard InChI is InChI=1S/C23H32FNO/c1-7-10-23(4,5)14-18-12-17(11-16(2)3)8-9-19(18)20-13-22(26-6)25-15-21(20)24/h8-9,12-13,15-16H,7,10-11,14H2,1-6H3. The van der Waals surface area contributed by atoms with Crippen molar-refractivity contribution < 1.29 is 9.13 Å². The van der Waals surface area contributed by atoms with Crippen LogP contribution in [0, 0.1) is 17.2 Å². The zero-order valence-corrected chi connectivity index (χ0v) is 17.0. The van der Waals surface area contributed by atoms with Crippen LogP contribution in [0.15, 0.2) is 30.5 Å². The van der Waals surface area contributed by atoms with Gasteiger partial charge in [-0.3, -0.25) is 0 Å². The van der Waals surface area contributed by atoms with Gasteiger partial charge in [0.2, 0.25) is 5.88 Å². The van der Waals surface area contributed by atoms with Crippen LogP contribution < -0.4 is 4.74 Å². The van der Waals surface area contributed by atoms with E-state index in [0.29, 0.717) is 17.4 Å². The number of nitrogens with zero attached hydrogens (tertiary/aromatic N) is 1. The Morgan fingerprint density at radius 1 is 1.15 bits per heavy atom. The van der Waals surface area contributed by atoms with E-state index in [4.69, 9.17) is 4.74 Å². The second kappa shape index (κ2) is 8.66. The second-order valence-corrected chi connectivity index (χ2v) is 8.39. The highest BCUT2D eigenvalue weighted by atomic mass is 19.1. The van der Waals surface area contributed by atoms with Crippen molar-refractivity contribution in [2.75, 3.05) is 7.11 Å². The van der Waals surface area contributed by atoms with Gasteiger partial charge in [0.05, 0.1) is 13.3 Å². The van der Waals surface area contributed by atoms with E-state index >= 15 is 0 Å². The summed E-state index contributed by atoms with van der Waals surface area (Å²) < 4.78 is 19.8. The maximum atomic E-state index is 14.5. The first-order chi connectivity index (χ1) is 12.3. The summed E-state index contributed by atoms with van der Waals surface area (Å²) in [5, 5.41) is 0. The minimum Gasteiger partial charge on any atom is -0.481 e. The average molecular weight is 358 g/mol. The van der Waals surface area contributed by atoms with Crippen molar-refractivity contribution in [1.29, 1.82) is 0 Å². The predicted octanol–water partition coefficient (Wildman–Crippen LogP) is 6.46. The van der Waals surface area contributed by atoms with Crippen LogP contribution in [0.4, 0.5) is 4.39 Å². The van der Waals surface area contributed by atoms with Crippen LogP contribution in [0.3, 0.4) is 0 Å². The van der Waals surface area contributed by atoms with Gasteiger partial charge in [0.15, 0.2) is 0 Å². The molecule has 0 fully saturated rings. The van der Waals surface area contributed by atoms with E-state index in [1.165, 1.54) is 17.3 Å². The van der Waals surface area contributed by atoms with Crippen LogP contribution in [0.25, 0.3) is 11.1 Å². The smallest absolute Gasteiger partial charge is 0.213 e. The Morgan fingerprint density at radius 3 is 2.50 bits per heavy atom. The fourth-order valence-electron chi connectivity index (χ4n) is 3.67. The van der Waals surface area contributed by atoms with Crippen molar-refractivity contribution in [3.8, 4) is 17.0 Å². The van der Waals surface area contributed by atoms with Gasteiger partial charge in [-0.1, -0.05) is 59.2 Å². The number of halogens is 1. The lowest BCUT2D eigenvalue weighted by Gasteiger charge is -2.26. The molecule has 0 bridgehead atoms. The van der Waals surface area contributed by atoms with Crippen molar-refractivity contribution in [2.24, 2.45) is 11.3 Å². The van der Waals surface area contributed by atoms with E-state index < -0.39 is 0 Å². The number of methoxy groups -OCH3 is 1. The summed E-state index contributed by atoms with van der Waals surface area (Å²) in [5.41, 5.74) is 4.20. The fourth-order valence-corrected chi connectivity index (χ4v) is 3.67. The summed E-state index contributed by atoms with van der Waals surface area (Å²) in [6.45, 7) is 11.2. The largest absolute Gasteiger partial charge is 0.481 e. The van der Waals surface area contributed by atoms with Crippen LogP contribution in [0.1, 0.15) is 58.6 Å². The maximum absolute atomic E-state index is 14.5. The molecule has 0 radical (unpaired) electrons. The van der Waals surface area contributed by atoms with Crippen molar-refractivity contribution in [1.82, 2.24) is 4.98 Å². The van der Waals surface area contributed by atoms with Gasteiger partial charge in [-0.25, -0.2) is 9.37 Å². The van der Waals surface area contributed by atoms with Gasteiger partial charge in [-0.2, -0.15) is 0 Å². The topological polar surface area (TPSA) is 22.1 Å². The van der Waals surface area contributed by atoms with Gasteiger partial charge in [0, 0.05) is 11.6 Å². The molecule has 0 aliphatic carbocycles. The van der Waals surface area contributed by atoms with Crippen molar-refractivity contribution in [3.05, 3.63) is 47.4 Å². The van der Waals surface area contributed by atoms with Gasteiger partial charge in [-0.15, -0.1) is 0 Å². The summed E-state index contributed by atoms with van der Waals surface area (Å²) in [7, 11) is 1.56. The summed E-state index contributed by atoms with van der Waals surface area (Å²) >= 11 is 0. The lowest BCUT2D eigenvalue weighted by molar-refractivity contribution is 0.329. The lowest BCUT2D eigenvalue weighted by Crippen LogP contribution is -2.15. The minimum atomic E-state index is -0.308. The van der Waals surface area contributed by atoms with Crippen LogP contribution in [-0.2, 0) is 12.8 Å². The Bertz CT molecular complexity index is 737. The molecule has 142 valence electrons. The molecule has 0 aliphatic heterocycles. The highest BCUT2D eigenvalue weighted by molar-refractivity contribution is 5.69. The zero-order valence-electron chi connectivity index (χ0n) is 17.0. The molecule has 0 unspecified atom stereocenters. The third-order valence-corrected chi connectivity index (χ3v) is 4.74. The molecular formula is C23H32FNO. The molecule has 0 aliphatic rings. The minimum absolute atomic E-state index is 0.174. The van der Waals surface area contributed by atoms with Crippen LogP contribution in [0.2, 0.25) is 0 Å². The number of hydrogen-bond acceptors (Lipinski definition) is 2. The maximum Gasteiger partial charge on any atom is 0.213 e. The monoisotopic (exact) mass is 357 g/mol. The zero-order chi connectivity index (χ0) is 19.3. The van der Waals surface area contributed by atoms with E-state index in [1.807, 2.05) is 0 Å². The number of ether oxygens (including phenoxy) is 1. The lowest BCUT2D eigenvalue weighted by atomic mass is 9.79. The highest BCUT2D eigenvalue weighted by Crippen LogP contribution is 2.35. The Labute approximate surface area is 157 Å². The number of aromatic nitrogens is 1. The van der Waals surface area contributed by atoms with Gasteiger partial charge < -0.3 is 4.74 Å². The highest BCUT2D eigenvalue weighted by Gasteiger charge is 2.21. The summed E-state index contributed by atoms with van der Waals surface area (Å²) in [6.07, 6.45) is 5.49. The van der Waals surface area contributed by atoms with Crippen LogP contribution in [-0.4, -0.2) is 12.1 Å². The van der Waals surface area contributed by atoms with E-state index in [0.717, 1.165) is 31.2 Å². The molecule has 0 spiro atoms. The number of rotatable bonds is 8. The molecule has 0 saturated carbocycles. The molecule has 3 heteroatoms. The number of benzene rings is 1. The van der Waals surface area contributed by atoms with Crippen LogP contribution in [0.5, 0.6) is 5.88 Å². The first-order valence-electron chi connectivity index (χ1n) is 9.57. The Hall–Kier alpha value is -1.90. The van der Waals surface area contributed by atoms with Gasteiger partial charge in [-0.05, 0) is 47.3 Å².